The number of aliphatic carboxylic acids is 1. The fourth-order valence-electron chi connectivity index (χ4n) is 1.44. The third kappa shape index (κ3) is 3.49. The maximum atomic E-state index is 11.3. The van der Waals surface area contributed by atoms with Crippen molar-refractivity contribution in [3.63, 3.8) is 0 Å². The molecule has 1 aliphatic heterocycles. The minimum absolute atomic E-state index is 0.168. The molecule has 2 unspecified atom stereocenters. The number of rotatable bonds is 5. The average molecular weight is 216 g/mol. The molecule has 0 radical (unpaired) electrons. The van der Waals surface area contributed by atoms with E-state index in [1.165, 1.54) is 0 Å². The third-order valence-corrected chi connectivity index (χ3v) is 2.28. The number of carboxylic acid groups (broad SMARTS) is 1. The molecule has 0 aromatic heterocycles. The van der Waals surface area contributed by atoms with Gasteiger partial charge >= 0.3 is 5.97 Å². The van der Waals surface area contributed by atoms with Gasteiger partial charge in [-0.15, -0.1) is 0 Å². The van der Waals surface area contributed by atoms with Gasteiger partial charge in [-0.2, -0.15) is 0 Å². The summed E-state index contributed by atoms with van der Waals surface area (Å²) in [7, 11) is 0. The van der Waals surface area contributed by atoms with Crippen LogP contribution in [0.1, 0.15) is 6.92 Å². The highest BCUT2D eigenvalue weighted by atomic mass is 16.5. The van der Waals surface area contributed by atoms with E-state index in [0.717, 1.165) is 0 Å². The first-order valence-corrected chi connectivity index (χ1v) is 4.95. The molecule has 2 atom stereocenters. The van der Waals surface area contributed by atoms with Gasteiger partial charge in [-0.25, -0.2) is 0 Å². The zero-order valence-corrected chi connectivity index (χ0v) is 8.66. The molecule has 3 N–H and O–H groups in total. The average Bonchev–Trinajstić information content (AvgIpc) is 2.62. The summed E-state index contributed by atoms with van der Waals surface area (Å²) < 4.78 is 5.02. The van der Waals surface area contributed by atoms with E-state index in [-0.39, 0.29) is 25.7 Å². The van der Waals surface area contributed by atoms with E-state index in [2.05, 4.69) is 10.6 Å². The van der Waals surface area contributed by atoms with Crippen LogP contribution < -0.4 is 10.6 Å². The number of amides is 1. The third-order valence-electron chi connectivity index (χ3n) is 2.28. The van der Waals surface area contributed by atoms with E-state index in [1.807, 2.05) is 6.92 Å². The Morgan fingerprint density at radius 2 is 2.20 bits per heavy atom. The van der Waals surface area contributed by atoms with Crippen LogP contribution in [0.4, 0.5) is 0 Å². The first-order valence-electron chi connectivity index (χ1n) is 4.95. The molecule has 0 aliphatic carbocycles. The van der Waals surface area contributed by atoms with E-state index in [4.69, 9.17) is 9.84 Å². The molecule has 1 heterocycles. The van der Waals surface area contributed by atoms with Crippen LogP contribution in [0, 0.1) is 5.92 Å². The quantitative estimate of drug-likeness (QED) is 0.538. The lowest BCUT2D eigenvalue weighted by molar-refractivity contribution is -0.142. The molecule has 0 saturated carbocycles. The number of carbonyl (C=O) groups is 2. The van der Waals surface area contributed by atoms with Crippen molar-refractivity contribution < 1.29 is 19.4 Å². The van der Waals surface area contributed by atoms with Crippen molar-refractivity contribution in [1.29, 1.82) is 0 Å². The van der Waals surface area contributed by atoms with Crippen LogP contribution in [-0.4, -0.2) is 49.3 Å². The van der Waals surface area contributed by atoms with Crippen molar-refractivity contribution in [2.75, 3.05) is 26.3 Å². The monoisotopic (exact) mass is 216 g/mol. The van der Waals surface area contributed by atoms with Crippen LogP contribution in [0.25, 0.3) is 0 Å². The highest BCUT2D eigenvalue weighted by Gasteiger charge is 2.34. The lowest BCUT2D eigenvalue weighted by Gasteiger charge is -2.15. The van der Waals surface area contributed by atoms with Crippen LogP contribution in [0.5, 0.6) is 0 Å². The molecule has 1 aliphatic rings. The predicted octanol–water partition coefficient (Wildman–Crippen LogP) is -1.19. The Labute approximate surface area is 88.0 Å². The van der Waals surface area contributed by atoms with Gasteiger partial charge in [-0.05, 0) is 6.54 Å². The molecule has 1 saturated heterocycles. The van der Waals surface area contributed by atoms with Gasteiger partial charge in [0.25, 0.3) is 0 Å². The highest BCUT2D eigenvalue weighted by Crippen LogP contribution is 2.13. The van der Waals surface area contributed by atoms with E-state index >= 15 is 0 Å². The fraction of sp³-hybridized carbons (Fsp3) is 0.778. The lowest BCUT2D eigenvalue weighted by atomic mass is 10.0. The van der Waals surface area contributed by atoms with Gasteiger partial charge in [0, 0.05) is 0 Å². The largest absolute Gasteiger partial charge is 0.481 e. The first kappa shape index (κ1) is 11.9. The van der Waals surface area contributed by atoms with Crippen LogP contribution in [0.3, 0.4) is 0 Å². The van der Waals surface area contributed by atoms with Crippen LogP contribution >= 0.6 is 0 Å². The van der Waals surface area contributed by atoms with Gasteiger partial charge in [-0.1, -0.05) is 6.92 Å². The van der Waals surface area contributed by atoms with E-state index < -0.39 is 17.9 Å². The molecular weight excluding hydrogens is 200 g/mol. The minimum atomic E-state index is -0.929. The minimum Gasteiger partial charge on any atom is -0.481 e. The zero-order chi connectivity index (χ0) is 11.3. The number of hydrogen-bond donors (Lipinski definition) is 3. The van der Waals surface area contributed by atoms with Crippen molar-refractivity contribution in [3.8, 4) is 0 Å². The molecule has 1 rings (SSSR count). The van der Waals surface area contributed by atoms with Crippen LogP contribution in [0.2, 0.25) is 0 Å². The van der Waals surface area contributed by atoms with E-state index in [0.29, 0.717) is 6.54 Å². The summed E-state index contributed by atoms with van der Waals surface area (Å²) in [4.78, 5) is 22.1. The second kappa shape index (κ2) is 5.67. The molecule has 0 spiro atoms. The molecule has 6 nitrogen and oxygen atoms in total. The molecule has 0 bridgehead atoms. The van der Waals surface area contributed by atoms with Crippen molar-refractivity contribution in [3.05, 3.63) is 0 Å². The fourth-order valence-corrected chi connectivity index (χ4v) is 1.44. The summed E-state index contributed by atoms with van der Waals surface area (Å²) in [5, 5.41) is 14.3. The van der Waals surface area contributed by atoms with Gasteiger partial charge in [0.15, 0.2) is 0 Å². The van der Waals surface area contributed by atoms with Crippen molar-refractivity contribution >= 4 is 11.9 Å². The summed E-state index contributed by atoms with van der Waals surface area (Å²) in [5.74, 6) is -1.75. The maximum Gasteiger partial charge on any atom is 0.311 e. The van der Waals surface area contributed by atoms with Gasteiger partial charge in [-0.3, -0.25) is 9.59 Å². The first-order chi connectivity index (χ1) is 7.15. The Bertz CT molecular complexity index is 244. The normalized spacial score (nSPS) is 25.1. The smallest absolute Gasteiger partial charge is 0.311 e. The highest BCUT2D eigenvalue weighted by molar-refractivity contribution is 5.80. The molecule has 6 heteroatoms. The lowest BCUT2D eigenvalue weighted by Crippen LogP contribution is -2.45. The molecule has 0 aromatic rings. The van der Waals surface area contributed by atoms with E-state index in [9.17, 15) is 9.59 Å². The van der Waals surface area contributed by atoms with Crippen LogP contribution in [-0.2, 0) is 14.3 Å². The number of ether oxygens (including phenoxy) is 1. The topological polar surface area (TPSA) is 87.7 Å². The Hall–Kier alpha value is -1.14. The summed E-state index contributed by atoms with van der Waals surface area (Å²) in [6.45, 7) is 3.25. The Morgan fingerprint density at radius 3 is 2.80 bits per heavy atom. The van der Waals surface area contributed by atoms with Gasteiger partial charge in [0.05, 0.1) is 25.8 Å². The van der Waals surface area contributed by atoms with Gasteiger partial charge in [0.2, 0.25) is 5.91 Å². The van der Waals surface area contributed by atoms with Gasteiger partial charge in [0.1, 0.15) is 5.92 Å². The Balaban J connectivity index is 2.36. The molecule has 15 heavy (non-hydrogen) atoms. The second-order valence-electron chi connectivity index (χ2n) is 3.44. The predicted molar refractivity (Wildman–Crippen MR) is 52.4 cm³/mol. The van der Waals surface area contributed by atoms with E-state index in [1.54, 1.807) is 0 Å². The summed E-state index contributed by atoms with van der Waals surface area (Å²) in [6, 6.07) is -0.409. The maximum absolute atomic E-state index is 11.3. The molecule has 1 amide bonds. The number of likely N-dealkylation sites (N-methyl/N-ethyl adjacent to an activating group) is 1. The van der Waals surface area contributed by atoms with Crippen molar-refractivity contribution in [2.45, 2.75) is 13.0 Å². The molecule has 1 fully saturated rings. The summed E-state index contributed by atoms with van der Waals surface area (Å²) in [5.41, 5.74) is 0. The van der Waals surface area contributed by atoms with Crippen LogP contribution in [0.15, 0.2) is 0 Å². The summed E-state index contributed by atoms with van der Waals surface area (Å²) in [6.07, 6.45) is 0. The second-order valence-corrected chi connectivity index (χ2v) is 3.44. The molecule has 0 aromatic carbocycles. The van der Waals surface area contributed by atoms with Crippen molar-refractivity contribution in [2.24, 2.45) is 5.92 Å². The number of hydrogen-bond acceptors (Lipinski definition) is 4. The summed E-state index contributed by atoms with van der Waals surface area (Å²) >= 11 is 0. The van der Waals surface area contributed by atoms with Crippen molar-refractivity contribution in [1.82, 2.24) is 10.6 Å². The van der Waals surface area contributed by atoms with Gasteiger partial charge < -0.3 is 20.5 Å². The molecular formula is C9H16N2O4. The SMILES string of the molecule is CCNCC(=O)NC1COCC1C(=O)O. The standard InChI is InChI=1S/C9H16N2O4/c1-2-10-3-8(12)11-7-5-15-4-6(7)9(13)14/h6-7,10H,2-5H2,1H3,(H,11,12)(H,13,14). The Morgan fingerprint density at radius 1 is 1.47 bits per heavy atom. The number of carbonyl (C=O) groups excluding carboxylic acids is 1. The number of carboxylic acids is 1. The Kier molecular flexibility index (Phi) is 4.51. The molecule has 86 valence electrons. The number of nitrogens with one attached hydrogen (secondary N) is 2. The zero-order valence-electron chi connectivity index (χ0n) is 8.66.